The number of amides is 2. The molecule has 2 fully saturated rings. The molecule has 0 spiro atoms. The van der Waals surface area contributed by atoms with Crippen LogP contribution in [0.4, 0.5) is 4.39 Å². The highest BCUT2D eigenvalue weighted by molar-refractivity contribution is 6.30. The molecule has 2 aromatic heterocycles. The van der Waals surface area contributed by atoms with Gasteiger partial charge in [-0.15, -0.1) is 0 Å². The van der Waals surface area contributed by atoms with Crippen LogP contribution in [0, 0.1) is 5.82 Å². The molecule has 7 aromatic rings. The number of phenols is 1. The van der Waals surface area contributed by atoms with Crippen molar-refractivity contribution in [1.82, 2.24) is 24.8 Å². The molecule has 5 aromatic carbocycles. The maximum absolute atomic E-state index is 16.5. The number of hydrogen-bond acceptors (Lipinski definition) is 7. The number of phenolic OH excluding ortho intramolecular Hbond substituents is 1. The summed E-state index contributed by atoms with van der Waals surface area (Å²) in [6.07, 6.45) is 7.18. The van der Waals surface area contributed by atoms with Crippen LogP contribution in [0.2, 0.25) is 5.02 Å². The number of aromatic hydroxyl groups is 1. The molecule has 3 heterocycles. The number of carbonyl (C=O) groups excluding carboxylic acids is 2. The molecule has 1 aliphatic carbocycles. The van der Waals surface area contributed by atoms with Gasteiger partial charge in [-0.25, -0.2) is 14.2 Å². The molecular weight excluding hydrogens is 837 g/mol. The monoisotopic (exact) mass is 883 g/mol. The van der Waals surface area contributed by atoms with Gasteiger partial charge in [-0.3, -0.25) is 9.59 Å². The number of piperidine rings is 1. The van der Waals surface area contributed by atoms with E-state index in [9.17, 15) is 29.7 Å². The summed E-state index contributed by atoms with van der Waals surface area (Å²) in [6.45, 7) is 0.973. The molecule has 2 amide bonds. The number of aromatic nitrogens is 3. The van der Waals surface area contributed by atoms with E-state index in [0.29, 0.717) is 58.8 Å². The van der Waals surface area contributed by atoms with Gasteiger partial charge < -0.3 is 39.8 Å². The highest BCUT2D eigenvalue weighted by atomic mass is 35.5. The van der Waals surface area contributed by atoms with Crippen molar-refractivity contribution in [3.05, 3.63) is 136 Å². The maximum atomic E-state index is 16.5. The summed E-state index contributed by atoms with van der Waals surface area (Å²) < 4.78 is 24.8. The first kappa shape index (κ1) is 42.6. The molecule has 5 N–H and O–H groups in total. The van der Waals surface area contributed by atoms with Crippen LogP contribution in [0.25, 0.3) is 44.5 Å². The van der Waals surface area contributed by atoms with Crippen LogP contribution in [0.1, 0.15) is 82.8 Å². The fourth-order valence-electron chi connectivity index (χ4n) is 9.07. The number of benzene rings is 5. The van der Waals surface area contributed by atoms with Crippen LogP contribution >= 0.6 is 11.6 Å². The summed E-state index contributed by atoms with van der Waals surface area (Å²) in [5, 5.41) is 34.0. The molecule has 64 heavy (non-hydrogen) atoms. The average Bonchev–Trinajstić information content (AvgIpc) is 3.89. The number of aromatic amines is 1. The van der Waals surface area contributed by atoms with Crippen molar-refractivity contribution < 1.29 is 38.8 Å². The van der Waals surface area contributed by atoms with E-state index >= 15 is 4.39 Å². The number of carboxylic acid groups (broad SMARTS) is 1. The fraction of sp³-hybridized carbons (Fsp3) is 0.280. The molecule has 1 saturated heterocycles. The summed E-state index contributed by atoms with van der Waals surface area (Å²) in [7, 11) is 0. The third-order valence-corrected chi connectivity index (χ3v) is 12.8. The standard InChI is InChI=1S/C50H47ClFN5O7/c51-34-10-6-29(7-11-34)39-14-8-31(49(61)56-20-18-36(58)19-21-56)22-33(39)28-64-38-13-15-40(42(52)26-38)47-54-44-23-30(9-17-46(44)57(47)35-4-2-1-3-5-35)48(60)55-45(50(62)63)24-32-27-53-43-16-12-37(59)25-41(32)43/h6-17,22-23,25-27,35-36,45,53,58-59H,1-5,18-21,24,28H2,(H,55,60)(H,62,63)/t45-/m0/s1. The molecule has 0 unspecified atom stereocenters. The Morgan fingerprint density at radius 1 is 0.859 bits per heavy atom. The molecule has 1 aliphatic heterocycles. The molecule has 2 aliphatic rings. The Bertz CT molecular complexity index is 2880. The van der Waals surface area contributed by atoms with E-state index in [-0.39, 0.29) is 47.6 Å². The van der Waals surface area contributed by atoms with Gasteiger partial charge in [-0.05, 0) is 121 Å². The second kappa shape index (κ2) is 18.2. The number of aliphatic carboxylic acids is 1. The molecular formula is C50H47ClFN5O7. The van der Waals surface area contributed by atoms with Gasteiger partial charge in [0.25, 0.3) is 11.8 Å². The van der Waals surface area contributed by atoms with Gasteiger partial charge in [0, 0.05) is 64.9 Å². The fourth-order valence-corrected chi connectivity index (χ4v) is 9.20. The van der Waals surface area contributed by atoms with E-state index in [1.54, 1.807) is 77.8 Å². The number of aliphatic hydroxyl groups excluding tert-OH is 1. The number of nitrogens with zero attached hydrogens (tertiary/aromatic N) is 3. The van der Waals surface area contributed by atoms with Crippen LogP contribution in [0.5, 0.6) is 11.5 Å². The normalized spacial score (nSPS) is 15.4. The average molecular weight is 884 g/mol. The van der Waals surface area contributed by atoms with Crippen LogP contribution in [0.15, 0.2) is 103 Å². The molecule has 1 atom stereocenters. The quantitative estimate of drug-likeness (QED) is 0.0808. The molecule has 9 rings (SSSR count). The van der Waals surface area contributed by atoms with Gasteiger partial charge >= 0.3 is 5.97 Å². The van der Waals surface area contributed by atoms with Gasteiger partial charge in [0.1, 0.15) is 35.8 Å². The number of fused-ring (bicyclic) bond motifs is 2. The minimum absolute atomic E-state index is 0.0209. The maximum Gasteiger partial charge on any atom is 0.326 e. The van der Waals surface area contributed by atoms with Gasteiger partial charge in [0.15, 0.2) is 0 Å². The van der Waals surface area contributed by atoms with Gasteiger partial charge in [-0.2, -0.15) is 0 Å². The Balaban J connectivity index is 0.982. The number of likely N-dealkylation sites (tertiary alicyclic amines) is 1. The number of H-pyrrole nitrogens is 1. The highest BCUT2D eigenvalue weighted by Crippen LogP contribution is 2.38. The second-order valence-electron chi connectivity index (χ2n) is 16.7. The largest absolute Gasteiger partial charge is 0.508 e. The van der Waals surface area contributed by atoms with Crippen LogP contribution in [-0.4, -0.2) is 77.8 Å². The lowest BCUT2D eigenvalue weighted by atomic mass is 9.94. The smallest absolute Gasteiger partial charge is 0.326 e. The third-order valence-electron chi connectivity index (χ3n) is 12.5. The Morgan fingerprint density at radius 3 is 2.36 bits per heavy atom. The Morgan fingerprint density at radius 2 is 1.61 bits per heavy atom. The SMILES string of the molecule is O=C(N[C@@H](Cc1c[nH]c2ccc(O)cc12)C(=O)O)c1ccc2c(c1)nc(-c1ccc(OCc3cc(C(=O)N4CCC(O)CC4)ccc3-c3ccc(Cl)cc3)cc1F)n2C1CCCCC1. The molecule has 0 radical (unpaired) electrons. The van der Waals surface area contributed by atoms with E-state index in [1.165, 1.54) is 12.1 Å². The zero-order valence-corrected chi connectivity index (χ0v) is 35.7. The third kappa shape index (κ3) is 8.91. The van der Waals surface area contributed by atoms with Crippen molar-refractivity contribution in [2.45, 2.75) is 76.2 Å². The van der Waals surface area contributed by atoms with Crippen molar-refractivity contribution in [3.63, 3.8) is 0 Å². The van der Waals surface area contributed by atoms with Gasteiger partial charge in [0.05, 0.1) is 22.7 Å². The van der Waals surface area contributed by atoms with Crippen LogP contribution < -0.4 is 10.1 Å². The van der Waals surface area contributed by atoms with Gasteiger partial charge in [0.2, 0.25) is 0 Å². The zero-order valence-electron chi connectivity index (χ0n) is 34.9. The molecule has 0 bridgehead atoms. The van der Waals surface area contributed by atoms with Crippen molar-refractivity contribution >= 4 is 51.3 Å². The lowest BCUT2D eigenvalue weighted by Gasteiger charge is -2.29. The second-order valence-corrected chi connectivity index (χ2v) is 17.2. The van der Waals surface area contributed by atoms with Crippen LogP contribution in [-0.2, 0) is 17.8 Å². The van der Waals surface area contributed by atoms with Crippen molar-refractivity contribution in [3.8, 4) is 34.0 Å². The highest BCUT2D eigenvalue weighted by Gasteiger charge is 2.28. The number of carboxylic acids is 1. The van der Waals surface area contributed by atoms with Crippen molar-refractivity contribution in [2.24, 2.45) is 0 Å². The molecule has 328 valence electrons. The summed E-state index contributed by atoms with van der Waals surface area (Å²) in [5.41, 5.74) is 5.95. The summed E-state index contributed by atoms with van der Waals surface area (Å²) in [5.74, 6) is -1.75. The van der Waals surface area contributed by atoms with E-state index < -0.39 is 29.8 Å². The molecule has 14 heteroatoms. The first-order valence-corrected chi connectivity index (χ1v) is 22.0. The first-order valence-electron chi connectivity index (χ1n) is 21.6. The number of carbonyl (C=O) groups is 3. The van der Waals surface area contributed by atoms with E-state index in [0.717, 1.165) is 59.8 Å². The van der Waals surface area contributed by atoms with Crippen molar-refractivity contribution in [2.75, 3.05) is 13.1 Å². The predicted octanol–water partition coefficient (Wildman–Crippen LogP) is 9.46. The topological polar surface area (TPSA) is 170 Å². The van der Waals surface area contributed by atoms with E-state index in [2.05, 4.69) is 14.9 Å². The summed E-state index contributed by atoms with van der Waals surface area (Å²) >= 11 is 6.20. The summed E-state index contributed by atoms with van der Waals surface area (Å²) in [4.78, 5) is 49.3. The summed E-state index contributed by atoms with van der Waals surface area (Å²) in [6, 6.07) is 26.1. The number of aliphatic hydroxyl groups is 1. The lowest BCUT2D eigenvalue weighted by molar-refractivity contribution is -0.139. The number of nitrogens with one attached hydrogen (secondary N) is 2. The van der Waals surface area contributed by atoms with Crippen LogP contribution in [0.3, 0.4) is 0 Å². The Kier molecular flexibility index (Phi) is 12.1. The number of ether oxygens (including phenoxy) is 1. The van der Waals surface area contributed by atoms with E-state index in [1.807, 2.05) is 18.2 Å². The number of rotatable bonds is 12. The van der Waals surface area contributed by atoms with Gasteiger partial charge in [-0.1, -0.05) is 49.1 Å². The number of halogens is 2. The Labute approximate surface area is 373 Å². The Hall–Kier alpha value is -6.70. The number of imidazole rings is 1. The minimum atomic E-state index is -1.26. The number of hydrogen-bond donors (Lipinski definition) is 5. The van der Waals surface area contributed by atoms with E-state index in [4.69, 9.17) is 21.3 Å². The zero-order chi connectivity index (χ0) is 44.5. The van der Waals surface area contributed by atoms with Crippen molar-refractivity contribution in [1.29, 1.82) is 0 Å². The first-order chi connectivity index (χ1) is 31.0. The molecule has 1 saturated carbocycles. The minimum Gasteiger partial charge on any atom is -0.508 e. The predicted molar refractivity (Wildman–Crippen MR) is 242 cm³/mol. The lowest BCUT2D eigenvalue weighted by Crippen LogP contribution is -2.42. The molecule has 12 nitrogen and oxygen atoms in total.